The lowest BCUT2D eigenvalue weighted by molar-refractivity contribution is 0.0438. The minimum Gasteiger partial charge on any atom is -0.491 e. The lowest BCUT2D eigenvalue weighted by Crippen LogP contribution is -2.43. The quantitative estimate of drug-likeness (QED) is 0.886. The summed E-state index contributed by atoms with van der Waals surface area (Å²) in [6, 6.07) is 8.53. The van der Waals surface area contributed by atoms with E-state index in [0.717, 1.165) is 12.3 Å². The van der Waals surface area contributed by atoms with Crippen LogP contribution >= 0.6 is 0 Å². The molecule has 19 heavy (non-hydrogen) atoms. The molecule has 2 atom stereocenters. The molecule has 3 nitrogen and oxygen atoms in total. The summed E-state index contributed by atoms with van der Waals surface area (Å²) in [4.78, 5) is 2.37. The molecule has 1 fully saturated rings. The van der Waals surface area contributed by atoms with Crippen molar-refractivity contribution >= 4 is 0 Å². The van der Waals surface area contributed by atoms with Crippen LogP contribution < -0.4 is 4.74 Å². The maximum Gasteiger partial charge on any atom is 0.119 e. The molecule has 1 aromatic carbocycles. The van der Waals surface area contributed by atoms with Gasteiger partial charge >= 0.3 is 0 Å². The third-order valence-corrected chi connectivity index (χ3v) is 3.85. The van der Waals surface area contributed by atoms with Crippen LogP contribution in [0.25, 0.3) is 0 Å². The molecule has 106 valence electrons. The second-order valence-electron chi connectivity index (χ2n) is 5.62. The van der Waals surface area contributed by atoms with Gasteiger partial charge in [-0.25, -0.2) is 0 Å². The summed E-state index contributed by atoms with van der Waals surface area (Å²) >= 11 is 0. The van der Waals surface area contributed by atoms with Gasteiger partial charge in [0.1, 0.15) is 18.5 Å². The normalized spacial score (nSPS) is 22.2. The molecule has 0 spiro atoms. The number of benzene rings is 1. The number of nitrogens with zero attached hydrogens (tertiary/aromatic N) is 1. The number of ether oxygens (including phenoxy) is 1. The predicted octanol–water partition coefficient (Wildman–Crippen LogP) is 2.61. The molecule has 0 saturated carbocycles. The van der Waals surface area contributed by atoms with Gasteiger partial charge in [0.15, 0.2) is 0 Å². The summed E-state index contributed by atoms with van der Waals surface area (Å²) in [5.74, 6) is 0.830. The molecule has 0 unspecified atom stereocenters. The molecule has 0 radical (unpaired) electrons. The number of hydrogen-bond acceptors (Lipinski definition) is 3. The van der Waals surface area contributed by atoms with Crippen LogP contribution in [0.15, 0.2) is 24.3 Å². The SMILES string of the molecule is Cc1ccc(OC[C@H](O)CN2CCCC[C@@H]2C)cc1. The molecule has 1 aromatic rings. The van der Waals surface area contributed by atoms with Crippen molar-refractivity contribution in [2.45, 2.75) is 45.3 Å². The van der Waals surface area contributed by atoms with Crippen molar-refractivity contribution in [1.82, 2.24) is 4.90 Å². The number of rotatable bonds is 5. The van der Waals surface area contributed by atoms with Gasteiger partial charge in [-0.2, -0.15) is 0 Å². The van der Waals surface area contributed by atoms with Crippen molar-refractivity contribution in [2.24, 2.45) is 0 Å². The molecule has 1 aliphatic rings. The van der Waals surface area contributed by atoms with Crippen molar-refractivity contribution in [3.63, 3.8) is 0 Å². The Hall–Kier alpha value is -1.06. The zero-order valence-corrected chi connectivity index (χ0v) is 12.0. The summed E-state index contributed by atoms with van der Waals surface area (Å²) in [6.07, 6.45) is 3.39. The maximum absolute atomic E-state index is 10.1. The van der Waals surface area contributed by atoms with E-state index < -0.39 is 6.10 Å². The Morgan fingerprint density at radius 1 is 1.32 bits per heavy atom. The molecule has 0 aromatic heterocycles. The smallest absolute Gasteiger partial charge is 0.119 e. The zero-order valence-electron chi connectivity index (χ0n) is 12.0. The Balaban J connectivity index is 1.74. The lowest BCUT2D eigenvalue weighted by atomic mass is 10.0. The molecule has 2 rings (SSSR count). The molecule has 0 bridgehead atoms. The summed E-state index contributed by atoms with van der Waals surface area (Å²) in [6.45, 7) is 6.48. The Kier molecular flexibility index (Phi) is 5.23. The molecule has 1 heterocycles. The third-order valence-electron chi connectivity index (χ3n) is 3.85. The summed E-state index contributed by atoms with van der Waals surface area (Å²) in [5, 5.41) is 10.1. The van der Waals surface area contributed by atoms with Crippen LogP contribution in [0.3, 0.4) is 0 Å². The molecule has 1 N–H and O–H groups in total. The van der Waals surface area contributed by atoms with Crippen LogP contribution in [0.4, 0.5) is 0 Å². The van der Waals surface area contributed by atoms with Crippen molar-refractivity contribution in [3.05, 3.63) is 29.8 Å². The number of β-amino-alcohol motifs (C(OH)–C–C–N with tert-alkyl or cyclic N) is 1. The van der Waals surface area contributed by atoms with E-state index in [1.54, 1.807) is 0 Å². The highest BCUT2D eigenvalue weighted by Crippen LogP contribution is 2.17. The van der Waals surface area contributed by atoms with E-state index in [2.05, 4.69) is 18.7 Å². The van der Waals surface area contributed by atoms with Crippen molar-refractivity contribution in [1.29, 1.82) is 0 Å². The van der Waals surface area contributed by atoms with Gasteiger partial charge < -0.3 is 9.84 Å². The first-order valence-corrected chi connectivity index (χ1v) is 7.27. The number of aryl methyl sites for hydroxylation is 1. The van der Waals surface area contributed by atoms with Crippen LogP contribution in [0, 0.1) is 6.92 Å². The topological polar surface area (TPSA) is 32.7 Å². The second kappa shape index (κ2) is 6.92. The van der Waals surface area contributed by atoms with E-state index in [4.69, 9.17) is 4.74 Å². The van der Waals surface area contributed by atoms with E-state index in [1.165, 1.54) is 24.8 Å². The van der Waals surface area contributed by atoms with Gasteiger partial charge in [0.05, 0.1) is 0 Å². The van der Waals surface area contributed by atoms with Gasteiger partial charge in [-0.15, -0.1) is 0 Å². The van der Waals surface area contributed by atoms with E-state index in [-0.39, 0.29) is 0 Å². The average molecular weight is 263 g/mol. The molecule has 1 aliphatic heterocycles. The van der Waals surface area contributed by atoms with Crippen LogP contribution in [0.5, 0.6) is 5.75 Å². The van der Waals surface area contributed by atoms with Crippen LogP contribution in [-0.2, 0) is 0 Å². The van der Waals surface area contributed by atoms with Gasteiger partial charge in [-0.3, -0.25) is 4.90 Å². The highest BCUT2D eigenvalue weighted by Gasteiger charge is 2.20. The standard InChI is InChI=1S/C16H25NO2/c1-13-6-8-16(9-7-13)19-12-15(18)11-17-10-4-3-5-14(17)2/h6-9,14-15,18H,3-5,10-12H2,1-2H3/t14-,15+/m0/s1. The first-order valence-electron chi connectivity index (χ1n) is 7.27. The van der Waals surface area contributed by atoms with E-state index in [0.29, 0.717) is 19.2 Å². The minimum atomic E-state index is -0.415. The average Bonchev–Trinajstić information content (AvgIpc) is 2.41. The van der Waals surface area contributed by atoms with Crippen LogP contribution in [0.2, 0.25) is 0 Å². The monoisotopic (exact) mass is 263 g/mol. The fraction of sp³-hybridized carbons (Fsp3) is 0.625. The van der Waals surface area contributed by atoms with E-state index in [1.807, 2.05) is 24.3 Å². The first-order chi connectivity index (χ1) is 9.15. The number of aliphatic hydroxyl groups excluding tert-OH is 1. The van der Waals surface area contributed by atoms with Gasteiger partial charge in [-0.05, 0) is 45.4 Å². The molecule has 1 saturated heterocycles. The van der Waals surface area contributed by atoms with Crippen molar-refractivity contribution < 1.29 is 9.84 Å². The third kappa shape index (κ3) is 4.51. The fourth-order valence-electron chi connectivity index (χ4n) is 2.58. The first kappa shape index (κ1) is 14.4. The largest absolute Gasteiger partial charge is 0.491 e. The highest BCUT2D eigenvalue weighted by molar-refractivity contribution is 5.26. The van der Waals surface area contributed by atoms with E-state index in [9.17, 15) is 5.11 Å². The zero-order chi connectivity index (χ0) is 13.7. The predicted molar refractivity (Wildman–Crippen MR) is 77.6 cm³/mol. The second-order valence-corrected chi connectivity index (χ2v) is 5.62. The number of aliphatic hydroxyl groups is 1. The molecule has 0 aliphatic carbocycles. The molecular formula is C16H25NO2. The maximum atomic E-state index is 10.1. The molecule has 0 amide bonds. The van der Waals surface area contributed by atoms with Gasteiger partial charge in [0, 0.05) is 12.6 Å². The highest BCUT2D eigenvalue weighted by atomic mass is 16.5. The summed E-state index contributed by atoms with van der Waals surface area (Å²) < 4.78 is 5.62. The lowest BCUT2D eigenvalue weighted by Gasteiger charge is -2.34. The van der Waals surface area contributed by atoms with E-state index >= 15 is 0 Å². The summed E-state index contributed by atoms with van der Waals surface area (Å²) in [7, 11) is 0. The minimum absolute atomic E-state index is 0.367. The number of piperidine rings is 1. The van der Waals surface area contributed by atoms with Crippen LogP contribution in [0.1, 0.15) is 31.7 Å². The number of likely N-dealkylation sites (tertiary alicyclic amines) is 1. The van der Waals surface area contributed by atoms with Gasteiger partial charge in [-0.1, -0.05) is 24.1 Å². The van der Waals surface area contributed by atoms with Gasteiger partial charge in [0.25, 0.3) is 0 Å². The Morgan fingerprint density at radius 3 is 2.74 bits per heavy atom. The molecule has 3 heteroatoms. The van der Waals surface area contributed by atoms with Crippen molar-refractivity contribution in [3.8, 4) is 5.75 Å². The molecular weight excluding hydrogens is 238 g/mol. The Morgan fingerprint density at radius 2 is 2.05 bits per heavy atom. The summed E-state index contributed by atoms with van der Waals surface area (Å²) in [5.41, 5.74) is 1.22. The Labute approximate surface area is 116 Å². The fourth-order valence-corrected chi connectivity index (χ4v) is 2.58. The van der Waals surface area contributed by atoms with Gasteiger partial charge in [0.2, 0.25) is 0 Å². The Bertz CT molecular complexity index is 377. The van der Waals surface area contributed by atoms with Crippen LogP contribution in [-0.4, -0.2) is 41.8 Å². The van der Waals surface area contributed by atoms with Crippen molar-refractivity contribution in [2.75, 3.05) is 19.7 Å². The number of hydrogen-bond donors (Lipinski definition) is 1.